The highest BCUT2D eigenvalue weighted by molar-refractivity contribution is 5.98. The molecule has 6 nitrogen and oxygen atoms in total. The molecule has 0 unspecified atom stereocenters. The van der Waals surface area contributed by atoms with Crippen molar-refractivity contribution in [3.63, 3.8) is 0 Å². The van der Waals surface area contributed by atoms with Gasteiger partial charge in [-0.25, -0.2) is 0 Å². The molecule has 0 bridgehead atoms. The lowest BCUT2D eigenvalue weighted by Crippen LogP contribution is -2.14. The lowest BCUT2D eigenvalue weighted by molar-refractivity contribution is 0.279. The first-order chi connectivity index (χ1) is 16.8. The van der Waals surface area contributed by atoms with Crippen LogP contribution < -0.4 is 20.9 Å². The highest BCUT2D eigenvalue weighted by Gasteiger charge is 2.02. The zero-order valence-electron chi connectivity index (χ0n) is 22.4. The molecule has 4 N–H and O–H groups in total. The van der Waals surface area contributed by atoms with Crippen LogP contribution in [0, 0.1) is 11.8 Å². The van der Waals surface area contributed by atoms with E-state index >= 15 is 0 Å². The molecule has 2 aromatic carbocycles. The van der Waals surface area contributed by atoms with E-state index in [1.807, 2.05) is 48.5 Å². The van der Waals surface area contributed by atoms with Crippen LogP contribution >= 0.6 is 12.4 Å². The van der Waals surface area contributed by atoms with Crippen molar-refractivity contribution < 1.29 is 9.47 Å². The van der Waals surface area contributed by atoms with Crippen molar-refractivity contribution >= 4 is 24.1 Å². The Morgan fingerprint density at radius 3 is 1.33 bits per heavy atom. The van der Waals surface area contributed by atoms with Gasteiger partial charge in [0, 0.05) is 24.2 Å². The molecule has 0 saturated heterocycles. The van der Waals surface area contributed by atoms with E-state index in [0.29, 0.717) is 36.7 Å². The van der Waals surface area contributed by atoms with Crippen molar-refractivity contribution in [2.75, 3.05) is 26.3 Å². The van der Waals surface area contributed by atoms with E-state index in [2.05, 4.69) is 37.7 Å². The van der Waals surface area contributed by atoms with Crippen molar-refractivity contribution in [1.82, 2.24) is 0 Å². The van der Waals surface area contributed by atoms with Crippen molar-refractivity contribution in [2.45, 2.75) is 59.8 Å². The summed E-state index contributed by atoms with van der Waals surface area (Å²) in [5.41, 5.74) is 14.0. The Morgan fingerprint density at radius 2 is 1.00 bits per heavy atom. The molecule has 0 aliphatic carbocycles. The number of hydrogen-bond acceptors (Lipinski definition) is 4. The highest BCUT2D eigenvalue weighted by atomic mass is 35.5. The normalized spacial score (nSPS) is 12.1. The average Bonchev–Trinajstić information content (AvgIpc) is 2.83. The second-order valence-corrected chi connectivity index (χ2v) is 9.71. The Bertz CT molecular complexity index is 834. The van der Waals surface area contributed by atoms with Crippen LogP contribution in [-0.4, -0.2) is 38.0 Å². The summed E-state index contributed by atoms with van der Waals surface area (Å²) < 4.78 is 11.7. The summed E-state index contributed by atoms with van der Waals surface area (Å²) >= 11 is 0. The lowest BCUT2D eigenvalue weighted by Gasteiger charge is -2.09. The number of halogens is 1. The van der Waals surface area contributed by atoms with Gasteiger partial charge in [-0.3, -0.25) is 9.98 Å². The van der Waals surface area contributed by atoms with E-state index < -0.39 is 0 Å². The molecule has 7 heteroatoms. The topological polar surface area (TPSA) is 95.2 Å². The molecule has 2 aromatic rings. The van der Waals surface area contributed by atoms with Crippen molar-refractivity contribution in [3.8, 4) is 11.5 Å². The number of benzene rings is 2. The molecule has 0 aromatic heterocycles. The molecule has 0 saturated carbocycles. The maximum Gasteiger partial charge on any atom is 0.125 e. The molecular formula is C29H45ClN4O2. The van der Waals surface area contributed by atoms with Crippen LogP contribution in [0.1, 0.15) is 70.9 Å². The van der Waals surface area contributed by atoms with E-state index in [-0.39, 0.29) is 12.4 Å². The smallest absolute Gasteiger partial charge is 0.125 e. The van der Waals surface area contributed by atoms with E-state index in [0.717, 1.165) is 67.8 Å². The van der Waals surface area contributed by atoms with Gasteiger partial charge < -0.3 is 20.9 Å². The number of nitrogens with two attached hydrogens (primary N) is 2. The van der Waals surface area contributed by atoms with Gasteiger partial charge in [-0.2, -0.15) is 0 Å². The SMILES string of the molecule is CC(C)CCN=C(N)c1ccc(OCCCCCOc2ccc(C(N)=NCCC(C)C)cc2)cc1.Cl. The highest BCUT2D eigenvalue weighted by Crippen LogP contribution is 2.15. The van der Waals surface area contributed by atoms with Crippen LogP contribution in [0.4, 0.5) is 0 Å². The molecule has 0 radical (unpaired) electrons. The molecule has 0 spiro atoms. The quantitative estimate of drug-likeness (QED) is 0.157. The zero-order valence-corrected chi connectivity index (χ0v) is 23.2. The number of nitrogens with zero attached hydrogens (tertiary/aromatic N) is 2. The van der Waals surface area contributed by atoms with Crippen LogP contribution in [-0.2, 0) is 0 Å². The van der Waals surface area contributed by atoms with Crippen LogP contribution in [0.25, 0.3) is 0 Å². The number of amidine groups is 2. The molecule has 0 amide bonds. The molecule has 0 fully saturated rings. The first-order valence-corrected chi connectivity index (χ1v) is 12.9. The predicted molar refractivity (Wildman–Crippen MR) is 155 cm³/mol. The molecule has 0 aliphatic rings. The second-order valence-electron chi connectivity index (χ2n) is 9.71. The zero-order chi connectivity index (χ0) is 25.5. The fraction of sp³-hybridized carbons (Fsp3) is 0.517. The van der Waals surface area contributed by atoms with E-state index in [4.69, 9.17) is 20.9 Å². The summed E-state index contributed by atoms with van der Waals surface area (Å²) in [4.78, 5) is 8.90. The summed E-state index contributed by atoms with van der Waals surface area (Å²) in [5.74, 6) is 4.14. The number of ether oxygens (including phenoxy) is 2. The first-order valence-electron chi connectivity index (χ1n) is 12.9. The summed E-state index contributed by atoms with van der Waals surface area (Å²) in [6, 6.07) is 15.7. The fourth-order valence-corrected chi connectivity index (χ4v) is 3.27. The Balaban J connectivity index is 0.00000648. The lowest BCUT2D eigenvalue weighted by atomic mass is 10.1. The minimum atomic E-state index is 0. The summed E-state index contributed by atoms with van der Waals surface area (Å²) in [6.07, 6.45) is 5.09. The minimum Gasteiger partial charge on any atom is -0.494 e. The molecule has 0 aliphatic heterocycles. The van der Waals surface area contributed by atoms with Gasteiger partial charge >= 0.3 is 0 Å². The standard InChI is InChI=1S/C29H44N4O2.ClH/c1-22(2)16-18-32-28(30)24-8-12-26(13-9-24)34-20-6-5-7-21-35-27-14-10-25(11-15-27)29(31)33-19-17-23(3)4;/h8-15,22-23H,5-7,16-21H2,1-4H3,(H2,30,32)(H2,31,33);1H. The van der Waals surface area contributed by atoms with Gasteiger partial charge in [-0.15, -0.1) is 12.4 Å². The van der Waals surface area contributed by atoms with Crippen LogP contribution in [0.2, 0.25) is 0 Å². The van der Waals surface area contributed by atoms with Gasteiger partial charge in [0.1, 0.15) is 23.2 Å². The Labute approximate surface area is 224 Å². The average molecular weight is 517 g/mol. The van der Waals surface area contributed by atoms with E-state index in [1.54, 1.807) is 0 Å². The van der Waals surface area contributed by atoms with Crippen molar-refractivity contribution in [3.05, 3.63) is 59.7 Å². The molecule has 0 atom stereocenters. The predicted octanol–water partition coefficient (Wildman–Crippen LogP) is 6.24. The third kappa shape index (κ3) is 12.8. The van der Waals surface area contributed by atoms with Crippen molar-refractivity contribution in [2.24, 2.45) is 33.3 Å². The van der Waals surface area contributed by atoms with Gasteiger partial charge in [-0.05, 0) is 92.5 Å². The van der Waals surface area contributed by atoms with Gasteiger partial charge in [0.05, 0.1) is 13.2 Å². The van der Waals surface area contributed by atoms with Gasteiger partial charge in [0.15, 0.2) is 0 Å². The third-order valence-corrected chi connectivity index (χ3v) is 5.60. The van der Waals surface area contributed by atoms with Crippen LogP contribution in [0.5, 0.6) is 11.5 Å². The Kier molecular flexibility index (Phi) is 15.4. The number of unbranched alkanes of at least 4 members (excludes halogenated alkanes) is 2. The maximum atomic E-state index is 6.07. The molecule has 200 valence electrons. The minimum absolute atomic E-state index is 0. The third-order valence-electron chi connectivity index (χ3n) is 5.60. The molecule has 0 heterocycles. The number of aliphatic imine (C=N–C) groups is 2. The number of hydrogen-bond donors (Lipinski definition) is 2. The molecular weight excluding hydrogens is 472 g/mol. The maximum absolute atomic E-state index is 6.07. The first kappa shape index (κ1) is 31.3. The van der Waals surface area contributed by atoms with E-state index in [9.17, 15) is 0 Å². The largest absolute Gasteiger partial charge is 0.494 e. The number of rotatable bonds is 16. The summed E-state index contributed by atoms with van der Waals surface area (Å²) in [6.45, 7) is 11.6. The molecule has 2 rings (SSSR count). The van der Waals surface area contributed by atoms with Gasteiger partial charge in [0.2, 0.25) is 0 Å². The van der Waals surface area contributed by atoms with Crippen LogP contribution in [0.15, 0.2) is 58.5 Å². The summed E-state index contributed by atoms with van der Waals surface area (Å²) in [5, 5.41) is 0. The monoisotopic (exact) mass is 516 g/mol. The van der Waals surface area contributed by atoms with E-state index in [1.165, 1.54) is 0 Å². The Hall–Kier alpha value is -2.73. The van der Waals surface area contributed by atoms with Crippen molar-refractivity contribution in [1.29, 1.82) is 0 Å². The second kappa shape index (κ2) is 17.7. The molecule has 36 heavy (non-hydrogen) atoms. The summed E-state index contributed by atoms with van der Waals surface area (Å²) in [7, 11) is 0. The van der Waals surface area contributed by atoms with Gasteiger partial charge in [0.25, 0.3) is 0 Å². The Morgan fingerprint density at radius 1 is 0.639 bits per heavy atom. The van der Waals surface area contributed by atoms with Crippen LogP contribution in [0.3, 0.4) is 0 Å². The fourth-order valence-electron chi connectivity index (χ4n) is 3.27. The van der Waals surface area contributed by atoms with Gasteiger partial charge in [-0.1, -0.05) is 27.7 Å².